The Kier molecular flexibility index (Phi) is 22.1. The Hall–Kier alpha value is -6.40. The molecule has 2 heterocycles. The van der Waals surface area contributed by atoms with Crippen molar-refractivity contribution in [1.82, 2.24) is 0 Å². The minimum Gasteiger partial charge on any atom is -0.478 e. The summed E-state index contributed by atoms with van der Waals surface area (Å²) in [6.07, 6.45) is -5.46. The fourth-order valence-corrected chi connectivity index (χ4v) is 3.95. The maximum absolute atomic E-state index is 12.0. The molecule has 8 atom stereocenters. The summed E-state index contributed by atoms with van der Waals surface area (Å²) in [5.74, 6) is -6.44. The highest BCUT2D eigenvalue weighted by Crippen LogP contribution is 2.27. The molecule has 2 rings (SSSR count). The Morgan fingerprint density at radius 3 is 1.25 bits per heavy atom. The lowest BCUT2D eigenvalue weighted by Gasteiger charge is -2.39. The largest absolute Gasteiger partial charge is 0.478 e. The van der Waals surface area contributed by atoms with Gasteiger partial charge in [0.25, 0.3) is 0 Å². The number of carbonyl (C=O) groups is 8. The molecule has 0 aromatic rings. The van der Waals surface area contributed by atoms with Crippen LogP contribution in [0.2, 0.25) is 0 Å². The van der Waals surface area contributed by atoms with Gasteiger partial charge in [0, 0.05) is 46.6 Å². The standard InChI is InChI=1S/C18H24O7.C17H18O9.C4H6O2/c1-9(2)16(19)23-13-8-22-12(7)14(24-17(20)10(3)4)15(13)25-18(21)11(5)6;1-5-11(18)23-10-9-22-17(26-14(21)8-4)16(25-13(20)7-3)15(10)24-12(19)6-2;1-3(2)4(5)6/h12-15H,1,3,5,8H2,2,4,6-7H3;5-8,10,15-17H,1-4,9H2;1H2,2H3,(H,5,6)/t12?,13-,14-,15-;10-,15-,16?,17?;/m11./s1. The summed E-state index contributed by atoms with van der Waals surface area (Å²) in [5.41, 5.74) is 0.696. The van der Waals surface area contributed by atoms with Crippen LogP contribution in [0.3, 0.4) is 0 Å². The maximum atomic E-state index is 12.0. The molecule has 2 aliphatic rings. The molecule has 18 heteroatoms. The fraction of sp³-hybridized carbons (Fsp3) is 0.385. The van der Waals surface area contributed by atoms with Crippen LogP contribution in [-0.2, 0) is 81.0 Å². The van der Waals surface area contributed by atoms with Gasteiger partial charge in [-0.05, 0) is 34.6 Å². The average Bonchev–Trinajstić information content (AvgIpc) is 3.15. The van der Waals surface area contributed by atoms with Gasteiger partial charge in [0.05, 0.1) is 19.3 Å². The van der Waals surface area contributed by atoms with Crippen molar-refractivity contribution in [3.05, 3.63) is 99.2 Å². The molecule has 0 aromatic carbocycles. The number of ether oxygens (including phenoxy) is 9. The molecule has 0 aromatic heterocycles. The van der Waals surface area contributed by atoms with Crippen molar-refractivity contribution in [3.63, 3.8) is 0 Å². The predicted octanol–water partition coefficient (Wildman–Crippen LogP) is 2.88. The van der Waals surface area contributed by atoms with Gasteiger partial charge < -0.3 is 47.7 Å². The summed E-state index contributed by atoms with van der Waals surface area (Å²) in [4.78, 5) is 91.5. The normalized spacial score (nSPS) is 23.0. The Morgan fingerprint density at radius 1 is 0.491 bits per heavy atom. The molecule has 0 saturated carbocycles. The lowest BCUT2D eigenvalue weighted by atomic mass is 10.00. The van der Waals surface area contributed by atoms with E-state index in [4.69, 9.17) is 47.7 Å². The zero-order valence-electron chi connectivity index (χ0n) is 32.4. The highest BCUT2D eigenvalue weighted by atomic mass is 16.7. The summed E-state index contributed by atoms with van der Waals surface area (Å²) in [7, 11) is 0. The van der Waals surface area contributed by atoms with Crippen LogP contribution in [0.1, 0.15) is 34.6 Å². The number of hydrogen-bond donors (Lipinski definition) is 1. The van der Waals surface area contributed by atoms with E-state index >= 15 is 0 Å². The zero-order valence-corrected chi connectivity index (χ0v) is 32.4. The van der Waals surface area contributed by atoms with E-state index in [0.29, 0.717) is 0 Å². The van der Waals surface area contributed by atoms with Crippen LogP contribution in [0, 0.1) is 0 Å². The minimum absolute atomic E-state index is 0.0184. The Balaban J connectivity index is 0.000000962. The van der Waals surface area contributed by atoms with E-state index < -0.39 is 96.8 Å². The summed E-state index contributed by atoms with van der Waals surface area (Å²) in [6, 6.07) is 0. The number of carboxylic acids is 1. The van der Waals surface area contributed by atoms with E-state index in [9.17, 15) is 38.4 Å². The molecule has 3 unspecified atom stereocenters. The number of rotatable bonds is 15. The number of hydrogen-bond acceptors (Lipinski definition) is 17. The van der Waals surface area contributed by atoms with E-state index in [0.717, 1.165) is 24.3 Å². The van der Waals surface area contributed by atoms with Crippen LogP contribution in [0.15, 0.2) is 99.2 Å². The van der Waals surface area contributed by atoms with Crippen molar-refractivity contribution >= 4 is 47.8 Å². The van der Waals surface area contributed by atoms with Crippen molar-refractivity contribution in [1.29, 1.82) is 0 Å². The van der Waals surface area contributed by atoms with Gasteiger partial charge in [0.2, 0.25) is 12.4 Å². The second kappa shape index (κ2) is 24.9. The fourth-order valence-electron chi connectivity index (χ4n) is 3.95. The van der Waals surface area contributed by atoms with E-state index in [2.05, 4.69) is 52.6 Å². The third-order valence-electron chi connectivity index (χ3n) is 6.89. The topological polar surface area (TPSA) is 240 Å². The van der Waals surface area contributed by atoms with Crippen LogP contribution in [0.4, 0.5) is 0 Å². The van der Waals surface area contributed by atoms with Gasteiger partial charge in [-0.1, -0.05) is 52.6 Å². The molecule has 2 saturated heterocycles. The van der Waals surface area contributed by atoms with Crippen molar-refractivity contribution in [2.24, 2.45) is 0 Å². The van der Waals surface area contributed by atoms with Crippen molar-refractivity contribution in [2.75, 3.05) is 13.2 Å². The predicted molar refractivity (Wildman–Crippen MR) is 198 cm³/mol. The highest BCUT2D eigenvalue weighted by molar-refractivity contribution is 5.89. The highest BCUT2D eigenvalue weighted by Gasteiger charge is 2.49. The average molecular weight is 805 g/mol. The molecule has 2 aliphatic heterocycles. The third kappa shape index (κ3) is 17.7. The van der Waals surface area contributed by atoms with E-state index in [1.165, 1.54) is 27.7 Å². The monoisotopic (exact) mass is 804 g/mol. The van der Waals surface area contributed by atoms with Crippen LogP contribution >= 0.6 is 0 Å². The van der Waals surface area contributed by atoms with Crippen molar-refractivity contribution in [2.45, 2.75) is 83.6 Å². The first kappa shape index (κ1) is 50.6. The molecular formula is C39H48O18. The molecule has 18 nitrogen and oxygen atoms in total. The Bertz CT molecular complexity index is 1570. The molecule has 312 valence electrons. The van der Waals surface area contributed by atoms with Gasteiger partial charge in [0.1, 0.15) is 0 Å². The second-order valence-corrected chi connectivity index (χ2v) is 11.9. The van der Waals surface area contributed by atoms with Crippen LogP contribution in [0.25, 0.3) is 0 Å². The van der Waals surface area contributed by atoms with Gasteiger partial charge >= 0.3 is 47.8 Å². The molecule has 0 amide bonds. The molecule has 0 radical (unpaired) electrons. The molecule has 1 N–H and O–H groups in total. The quantitative estimate of drug-likeness (QED) is 0.142. The maximum Gasteiger partial charge on any atom is 0.333 e. The van der Waals surface area contributed by atoms with Crippen LogP contribution < -0.4 is 0 Å². The number of esters is 7. The van der Waals surface area contributed by atoms with E-state index in [1.807, 2.05) is 0 Å². The molecule has 2 fully saturated rings. The van der Waals surface area contributed by atoms with Crippen molar-refractivity contribution < 1.29 is 86.1 Å². The summed E-state index contributed by atoms with van der Waals surface area (Å²) in [6.45, 7) is 33.9. The Morgan fingerprint density at radius 2 is 0.825 bits per heavy atom. The van der Waals surface area contributed by atoms with Gasteiger partial charge in [-0.2, -0.15) is 0 Å². The summed E-state index contributed by atoms with van der Waals surface area (Å²) in [5, 5.41) is 7.89. The molecule has 0 aliphatic carbocycles. The SMILES string of the molecule is C=C(C)C(=O)O.C=C(C)C(=O)O[C@H]1[C@H](OC(=O)C(=C)C)C(C)OC[C@H]1OC(=O)C(=C)C.C=CC(=O)OC1OC[C@@H](OC(=O)C=C)[C@@H](OC(=O)C=C)C1OC(=O)C=C. The van der Waals surface area contributed by atoms with Gasteiger partial charge in [0.15, 0.2) is 30.5 Å². The molecule has 57 heavy (non-hydrogen) atoms. The lowest BCUT2D eigenvalue weighted by molar-refractivity contribution is -0.271. The van der Waals surface area contributed by atoms with Crippen molar-refractivity contribution in [3.8, 4) is 0 Å². The summed E-state index contributed by atoms with van der Waals surface area (Å²) < 4.78 is 47.0. The van der Waals surface area contributed by atoms with Gasteiger partial charge in [-0.15, -0.1) is 0 Å². The van der Waals surface area contributed by atoms with Crippen LogP contribution in [0.5, 0.6) is 0 Å². The number of carboxylic acid groups (broad SMARTS) is 1. The lowest BCUT2D eigenvalue weighted by Crippen LogP contribution is -2.58. The van der Waals surface area contributed by atoms with Gasteiger partial charge in [-0.3, -0.25) is 0 Å². The third-order valence-corrected chi connectivity index (χ3v) is 6.89. The van der Waals surface area contributed by atoms with E-state index in [-0.39, 0.29) is 35.5 Å². The molecule has 0 spiro atoms. The number of aliphatic carboxylic acids is 1. The minimum atomic E-state index is -1.44. The number of carbonyl (C=O) groups excluding carboxylic acids is 7. The molecule has 0 bridgehead atoms. The summed E-state index contributed by atoms with van der Waals surface area (Å²) >= 11 is 0. The van der Waals surface area contributed by atoms with Gasteiger partial charge in [-0.25, -0.2) is 38.4 Å². The van der Waals surface area contributed by atoms with E-state index in [1.54, 1.807) is 6.92 Å². The first-order valence-electron chi connectivity index (χ1n) is 16.6. The smallest absolute Gasteiger partial charge is 0.333 e. The van der Waals surface area contributed by atoms with Crippen LogP contribution in [-0.4, -0.2) is 115 Å². The zero-order chi connectivity index (χ0) is 44.2. The molecular weight excluding hydrogens is 756 g/mol. The first-order valence-corrected chi connectivity index (χ1v) is 16.6. The Labute approximate surface area is 329 Å². The second-order valence-electron chi connectivity index (χ2n) is 11.9. The first-order chi connectivity index (χ1) is 26.5.